The van der Waals surface area contributed by atoms with Gasteiger partial charge in [-0.15, -0.1) is 0 Å². The lowest BCUT2D eigenvalue weighted by atomic mass is 10.0. The van der Waals surface area contributed by atoms with Crippen LogP contribution in [0.3, 0.4) is 0 Å². The van der Waals surface area contributed by atoms with Crippen LogP contribution in [0, 0.1) is 0 Å². The molecule has 0 bridgehead atoms. The number of nitrogens with zero attached hydrogens (tertiary/aromatic N) is 3. The minimum Gasteiger partial charge on any atom is -1.00 e. The molecule has 3 atom stereocenters. The number of amides is 3. The molecule has 0 rings (SSSR count). The van der Waals surface area contributed by atoms with E-state index in [2.05, 4.69) is 36.7 Å². The van der Waals surface area contributed by atoms with Crippen LogP contribution in [0.4, 0.5) is 0 Å². The number of phosphoric ester groups is 1. The molecule has 3 unspecified atom stereocenters. The minimum absolute atomic E-state index is 0. The van der Waals surface area contributed by atoms with Gasteiger partial charge in [0.25, 0.3) is 0 Å². The molecule has 98 heavy (non-hydrogen) atoms. The van der Waals surface area contributed by atoms with Crippen LogP contribution < -0.4 is 53.2 Å². The largest absolute Gasteiger partial charge is 1.00 e. The van der Waals surface area contributed by atoms with Gasteiger partial charge in [0.1, 0.15) is 37.9 Å². The molecule has 0 aliphatic carbocycles. The van der Waals surface area contributed by atoms with E-state index in [1.54, 1.807) is 0 Å². The van der Waals surface area contributed by atoms with Gasteiger partial charge in [-0.05, 0) is 19.3 Å². The molecule has 0 aromatic rings. The molecule has 0 aliphatic rings. The maximum Gasteiger partial charge on any atom is 0.475 e. The standard InChI is InChI=1S/C78H159N6O10P.3ClH/c1-10-13-16-19-22-25-28-31-34-37-40-43-46-49-52-58-76(88)79-61-55-64-82(4,5)67-73(85)70-92-95(91,93-71-74(86)68-83(6,7)65-56-62-80-77(89)59-53-50-47-44-41-38-35-32-29-26-23-20-17-14-11-2)94-72-75(87)69-84(8,9)66-57-63-81-78(90)60-54-51-48-45-42-39-36-33-30-27-24-21-18-15-12-3;;;/h73-75,85-87H,10-72H2,1-9H3;3*1H. The van der Waals surface area contributed by atoms with E-state index in [1.165, 1.54) is 250 Å². The number of rotatable bonds is 75. The number of carbonyl (C=O) groups excluding carboxylic acids is 3. The average Bonchev–Trinajstić information content (AvgIpc) is 0.929. The quantitative estimate of drug-likeness (QED) is 0.0195. The molecule has 0 heterocycles. The van der Waals surface area contributed by atoms with E-state index in [0.29, 0.717) is 72.0 Å². The van der Waals surface area contributed by atoms with Crippen LogP contribution in [0.25, 0.3) is 0 Å². The molecule has 0 fully saturated rings. The predicted molar refractivity (Wildman–Crippen MR) is 401 cm³/mol. The Morgan fingerprint density at radius 2 is 0.459 bits per heavy atom. The molecule has 0 aromatic heterocycles. The first-order chi connectivity index (χ1) is 45.7. The van der Waals surface area contributed by atoms with Crippen molar-refractivity contribution in [3.63, 3.8) is 0 Å². The molecule has 0 saturated carbocycles. The Morgan fingerprint density at radius 3 is 0.633 bits per heavy atom. The number of nitrogens with one attached hydrogen (secondary N) is 3. The van der Waals surface area contributed by atoms with Gasteiger partial charge in [0.05, 0.1) is 81.7 Å². The zero-order valence-electron chi connectivity index (χ0n) is 65.4. The van der Waals surface area contributed by atoms with Crippen molar-refractivity contribution in [1.82, 2.24) is 16.0 Å². The number of unbranched alkanes of at least 4 members (excludes halogenated alkanes) is 42. The number of hydrogen-bond donors (Lipinski definition) is 6. The highest BCUT2D eigenvalue weighted by Gasteiger charge is 2.34. The number of likely N-dealkylation sites (N-methyl/N-ethyl adjacent to an activating group) is 3. The lowest BCUT2D eigenvalue weighted by Gasteiger charge is -2.33. The van der Waals surface area contributed by atoms with E-state index in [-0.39, 0.29) is 94.4 Å². The summed E-state index contributed by atoms with van der Waals surface area (Å²) in [7, 11) is 7.53. The first kappa shape index (κ1) is 104. The van der Waals surface area contributed by atoms with Crippen LogP contribution in [-0.4, -0.2) is 186 Å². The van der Waals surface area contributed by atoms with Crippen LogP contribution in [0.2, 0.25) is 0 Å². The molecule has 6 N–H and O–H groups in total. The predicted octanol–water partition coefficient (Wildman–Crippen LogP) is 8.77. The summed E-state index contributed by atoms with van der Waals surface area (Å²) in [5.41, 5.74) is 0. The maximum absolute atomic E-state index is 14.4. The van der Waals surface area contributed by atoms with Gasteiger partial charge >= 0.3 is 7.82 Å². The second-order valence-electron chi connectivity index (χ2n) is 31.0. The van der Waals surface area contributed by atoms with Gasteiger partial charge in [-0.25, -0.2) is 4.57 Å². The van der Waals surface area contributed by atoms with Gasteiger partial charge < -0.3 is 81.9 Å². The summed E-state index contributed by atoms with van der Waals surface area (Å²) in [5.74, 6) is 0.240. The van der Waals surface area contributed by atoms with Gasteiger partial charge in [-0.3, -0.25) is 28.0 Å². The third-order valence-corrected chi connectivity index (χ3v) is 20.6. The van der Waals surface area contributed by atoms with Crippen LogP contribution >= 0.6 is 7.82 Å². The van der Waals surface area contributed by atoms with Crippen molar-refractivity contribution >= 4 is 25.5 Å². The summed E-state index contributed by atoms with van der Waals surface area (Å²) in [5, 5.41) is 43.0. The summed E-state index contributed by atoms with van der Waals surface area (Å²) >= 11 is 0. The fourth-order valence-corrected chi connectivity index (χ4v) is 14.5. The molecular formula is C78H162Cl3N6O10P. The number of phosphoric acid groups is 1. The summed E-state index contributed by atoms with van der Waals surface area (Å²) in [6.45, 7) is 10.2. The molecule has 0 aliphatic heterocycles. The molecule has 0 radical (unpaired) electrons. The number of hydrogen-bond acceptors (Lipinski definition) is 10. The Hall–Kier alpha value is -0.850. The van der Waals surface area contributed by atoms with Gasteiger partial charge in [0.2, 0.25) is 17.7 Å². The second kappa shape index (κ2) is 71.7. The van der Waals surface area contributed by atoms with Crippen molar-refractivity contribution in [2.45, 2.75) is 367 Å². The zero-order chi connectivity index (χ0) is 70.3. The Labute approximate surface area is 624 Å². The molecule has 16 nitrogen and oxygen atoms in total. The fourth-order valence-electron chi connectivity index (χ4n) is 13.2. The lowest BCUT2D eigenvalue weighted by Crippen LogP contribution is -3.00. The molecule has 3 amide bonds. The summed E-state index contributed by atoms with van der Waals surface area (Å²) in [4.78, 5) is 37.9. The number of halogens is 3. The first-order valence-electron chi connectivity index (χ1n) is 40.5. The lowest BCUT2D eigenvalue weighted by molar-refractivity contribution is -0.893. The number of aliphatic hydroxyl groups is 3. The summed E-state index contributed by atoms with van der Waals surface area (Å²) < 4.78 is 33.1. The molecule has 0 saturated heterocycles. The number of carbonyl (C=O) groups is 3. The Balaban J connectivity index is -0.0000147. The van der Waals surface area contributed by atoms with E-state index in [9.17, 15) is 34.3 Å². The molecule has 20 heteroatoms. The van der Waals surface area contributed by atoms with Crippen molar-refractivity contribution in [2.24, 2.45) is 0 Å². The van der Waals surface area contributed by atoms with Crippen molar-refractivity contribution in [3.8, 4) is 0 Å². The van der Waals surface area contributed by atoms with Crippen LogP contribution in [0.5, 0.6) is 0 Å². The van der Waals surface area contributed by atoms with Crippen LogP contribution in [0.1, 0.15) is 348 Å². The Kier molecular flexibility index (Phi) is 75.8. The Bertz CT molecular complexity index is 1600. The summed E-state index contributed by atoms with van der Waals surface area (Å²) in [6.07, 6.45) is 58.8. The molecule has 0 spiro atoms. The van der Waals surface area contributed by atoms with Crippen molar-refractivity contribution in [1.29, 1.82) is 0 Å². The highest BCUT2D eigenvalue weighted by atomic mass is 35.5. The third-order valence-electron chi connectivity index (χ3n) is 19.2. The van der Waals surface area contributed by atoms with E-state index in [4.69, 9.17) is 13.6 Å². The minimum atomic E-state index is -4.42. The maximum atomic E-state index is 14.4. The normalized spacial score (nSPS) is 13.4. The first-order valence-corrected chi connectivity index (χ1v) is 42.0. The second-order valence-corrected chi connectivity index (χ2v) is 32.7. The monoisotopic (exact) mass is 1480 g/mol. The number of quaternary nitrogens is 3. The fraction of sp³-hybridized carbons (Fsp3) is 0.962. The van der Waals surface area contributed by atoms with Crippen molar-refractivity contribution in [3.05, 3.63) is 0 Å². The van der Waals surface area contributed by atoms with E-state index in [1.807, 2.05) is 42.3 Å². The highest BCUT2D eigenvalue weighted by Crippen LogP contribution is 2.50. The van der Waals surface area contributed by atoms with Gasteiger partial charge in [-0.2, -0.15) is 0 Å². The number of aliphatic hydroxyl groups excluding tert-OH is 3. The van der Waals surface area contributed by atoms with Crippen molar-refractivity contribution < 1.29 is 98.5 Å². The van der Waals surface area contributed by atoms with Crippen LogP contribution in [-0.2, 0) is 32.5 Å². The highest BCUT2D eigenvalue weighted by molar-refractivity contribution is 7.48. The van der Waals surface area contributed by atoms with E-state index < -0.39 is 26.1 Å². The smallest absolute Gasteiger partial charge is 0.475 e. The van der Waals surface area contributed by atoms with Gasteiger partial charge in [-0.1, -0.05) is 290 Å². The molecule has 590 valence electrons. The molecular weight excluding hydrogens is 1320 g/mol. The average molecular weight is 1480 g/mol. The third kappa shape index (κ3) is 73.5. The van der Waals surface area contributed by atoms with Crippen LogP contribution in [0.15, 0.2) is 0 Å². The van der Waals surface area contributed by atoms with E-state index in [0.717, 1.165) is 57.8 Å². The summed E-state index contributed by atoms with van der Waals surface area (Å²) in [6, 6.07) is 0. The van der Waals surface area contributed by atoms with E-state index >= 15 is 0 Å². The topological polar surface area (TPSA) is 193 Å². The van der Waals surface area contributed by atoms with Gasteiger partial charge in [0.15, 0.2) is 0 Å². The molecule has 0 aromatic carbocycles. The SMILES string of the molecule is CCCCCCCCCCCCCCCCCC(=O)NCCC[N+](C)(C)CC(O)COP(=O)(OCC(O)C[N+](C)(C)CCCNC(=O)CCCCCCCCCCCCCCCCC)OCC(O)C[N+](C)(C)CCCNC(=O)CCCCCCCCCCCCCCCCC.[Cl-].[Cl-].[Cl-]. The van der Waals surface area contributed by atoms with Gasteiger partial charge in [0, 0.05) is 58.2 Å². The van der Waals surface area contributed by atoms with Crippen molar-refractivity contribution in [2.75, 3.05) is 121 Å². The zero-order valence-corrected chi connectivity index (χ0v) is 68.6. The Morgan fingerprint density at radius 1 is 0.296 bits per heavy atom.